The monoisotopic (exact) mass is 394 g/mol. The Labute approximate surface area is 162 Å². The first-order chi connectivity index (χ1) is 12.4. The maximum absolute atomic E-state index is 12.6. The summed E-state index contributed by atoms with van der Waals surface area (Å²) in [7, 11) is 0. The third kappa shape index (κ3) is 4.89. The molecule has 0 aliphatic heterocycles. The fourth-order valence-corrected chi connectivity index (χ4v) is 3.73. The predicted octanol–water partition coefficient (Wildman–Crippen LogP) is 5.16. The summed E-state index contributed by atoms with van der Waals surface area (Å²) in [6.07, 6.45) is 6.49. The summed E-state index contributed by atoms with van der Waals surface area (Å²) in [5.74, 6) is 1.53. The average molecular weight is 395 g/mol. The van der Waals surface area contributed by atoms with Gasteiger partial charge in [0.05, 0.1) is 12.8 Å². The van der Waals surface area contributed by atoms with Crippen molar-refractivity contribution in [3.8, 4) is 11.5 Å². The second kappa shape index (κ2) is 8.27. The van der Waals surface area contributed by atoms with Gasteiger partial charge < -0.3 is 9.47 Å². The number of carbonyl (C=O) groups is 1. The first-order valence-corrected chi connectivity index (χ1v) is 9.97. The average Bonchev–Trinajstić information content (AvgIpc) is 3.25. The minimum absolute atomic E-state index is 0.297. The van der Waals surface area contributed by atoms with Gasteiger partial charge >= 0.3 is 0 Å². The number of para-hydroxylation sites is 2. The highest BCUT2D eigenvalue weighted by Crippen LogP contribution is 2.33. The molecule has 2 aromatic rings. The van der Waals surface area contributed by atoms with Crippen molar-refractivity contribution in [2.75, 3.05) is 11.9 Å². The standard InChI is InChI=1S/C19H23ClN2O3S/c1-19(2,17(23)22-18-21-11-16(20)26-18)25-15-10-6-5-9-14(15)24-12-13-7-3-4-8-13/h5-6,9-11,13H,3-4,7-8,12H2,1-2H3,(H,21,22,23). The van der Waals surface area contributed by atoms with Crippen LogP contribution in [0, 0.1) is 5.92 Å². The molecule has 1 aromatic heterocycles. The van der Waals surface area contributed by atoms with Gasteiger partial charge in [-0.1, -0.05) is 47.9 Å². The van der Waals surface area contributed by atoms with Gasteiger partial charge in [-0.2, -0.15) is 0 Å². The van der Waals surface area contributed by atoms with Crippen molar-refractivity contribution in [1.82, 2.24) is 4.98 Å². The molecule has 1 aromatic carbocycles. The van der Waals surface area contributed by atoms with Crippen molar-refractivity contribution < 1.29 is 14.3 Å². The molecule has 1 heterocycles. The Morgan fingerprint density at radius 3 is 2.65 bits per heavy atom. The number of aromatic nitrogens is 1. The quantitative estimate of drug-likeness (QED) is 0.704. The predicted molar refractivity (Wildman–Crippen MR) is 104 cm³/mol. The zero-order chi connectivity index (χ0) is 18.6. The molecule has 5 nitrogen and oxygen atoms in total. The Bertz CT molecular complexity index is 757. The van der Waals surface area contributed by atoms with Gasteiger partial charge in [0.25, 0.3) is 5.91 Å². The van der Waals surface area contributed by atoms with Gasteiger partial charge in [0.15, 0.2) is 22.2 Å². The Hall–Kier alpha value is -1.79. The topological polar surface area (TPSA) is 60.5 Å². The summed E-state index contributed by atoms with van der Waals surface area (Å²) in [6.45, 7) is 4.11. The summed E-state index contributed by atoms with van der Waals surface area (Å²) in [5, 5.41) is 3.18. The molecule has 3 rings (SSSR count). The van der Waals surface area contributed by atoms with Gasteiger partial charge in [0.2, 0.25) is 0 Å². The van der Waals surface area contributed by atoms with Crippen LogP contribution in [0.2, 0.25) is 4.34 Å². The lowest BCUT2D eigenvalue weighted by Gasteiger charge is -2.26. The molecule has 0 saturated heterocycles. The number of carbonyl (C=O) groups excluding carboxylic acids is 1. The van der Waals surface area contributed by atoms with E-state index in [4.69, 9.17) is 21.1 Å². The Kier molecular flexibility index (Phi) is 6.04. The molecule has 1 aliphatic rings. The first kappa shape index (κ1) is 19.0. The lowest BCUT2D eigenvalue weighted by atomic mass is 10.1. The molecular formula is C19H23ClN2O3S. The molecule has 1 fully saturated rings. The van der Waals surface area contributed by atoms with Crippen LogP contribution in [0.15, 0.2) is 30.5 Å². The van der Waals surface area contributed by atoms with Gasteiger partial charge in [-0.25, -0.2) is 4.98 Å². The molecule has 1 aliphatic carbocycles. The minimum Gasteiger partial charge on any atom is -0.489 e. The maximum Gasteiger partial charge on any atom is 0.269 e. The van der Waals surface area contributed by atoms with E-state index in [2.05, 4.69) is 10.3 Å². The van der Waals surface area contributed by atoms with Gasteiger partial charge in [0.1, 0.15) is 4.34 Å². The normalized spacial score (nSPS) is 15.0. The Balaban J connectivity index is 1.65. The van der Waals surface area contributed by atoms with Crippen molar-refractivity contribution in [3.05, 3.63) is 34.8 Å². The summed E-state index contributed by atoms with van der Waals surface area (Å²) in [5.41, 5.74) is -1.09. The molecule has 1 N–H and O–H groups in total. The second-order valence-corrected chi connectivity index (χ2v) is 8.61. The van der Waals surface area contributed by atoms with E-state index in [9.17, 15) is 4.79 Å². The van der Waals surface area contributed by atoms with Gasteiger partial charge in [-0.05, 0) is 44.7 Å². The van der Waals surface area contributed by atoms with E-state index in [1.807, 2.05) is 24.3 Å². The van der Waals surface area contributed by atoms with Gasteiger partial charge in [0, 0.05) is 0 Å². The summed E-state index contributed by atoms with van der Waals surface area (Å²) in [6, 6.07) is 7.46. The lowest BCUT2D eigenvalue weighted by molar-refractivity contribution is -0.128. The summed E-state index contributed by atoms with van der Waals surface area (Å²) >= 11 is 7.06. The number of nitrogens with zero attached hydrogens (tertiary/aromatic N) is 1. The number of hydrogen-bond acceptors (Lipinski definition) is 5. The van der Waals surface area contributed by atoms with Crippen LogP contribution in [0.5, 0.6) is 11.5 Å². The third-order valence-electron chi connectivity index (χ3n) is 4.41. The molecule has 0 radical (unpaired) electrons. The van der Waals surface area contributed by atoms with Crippen LogP contribution >= 0.6 is 22.9 Å². The van der Waals surface area contributed by atoms with Crippen LogP contribution in [-0.4, -0.2) is 23.1 Å². The van der Waals surface area contributed by atoms with E-state index in [0.29, 0.717) is 33.5 Å². The highest BCUT2D eigenvalue weighted by Gasteiger charge is 2.32. The number of nitrogens with one attached hydrogen (secondary N) is 1. The lowest BCUT2D eigenvalue weighted by Crippen LogP contribution is -2.42. The van der Waals surface area contributed by atoms with Crippen LogP contribution in [0.4, 0.5) is 5.13 Å². The van der Waals surface area contributed by atoms with Crippen LogP contribution in [0.25, 0.3) is 0 Å². The van der Waals surface area contributed by atoms with Crippen molar-refractivity contribution >= 4 is 34.0 Å². The molecule has 1 saturated carbocycles. The number of benzene rings is 1. The molecule has 140 valence electrons. The highest BCUT2D eigenvalue weighted by molar-refractivity contribution is 7.19. The number of halogens is 1. The number of rotatable bonds is 7. The van der Waals surface area contributed by atoms with Crippen molar-refractivity contribution in [2.45, 2.75) is 45.1 Å². The molecule has 0 atom stereocenters. The zero-order valence-electron chi connectivity index (χ0n) is 15.0. The van der Waals surface area contributed by atoms with Gasteiger partial charge in [-0.15, -0.1) is 0 Å². The van der Waals surface area contributed by atoms with Crippen LogP contribution in [0.1, 0.15) is 39.5 Å². The maximum atomic E-state index is 12.6. The van der Waals surface area contributed by atoms with E-state index < -0.39 is 5.60 Å². The fraction of sp³-hybridized carbons (Fsp3) is 0.474. The van der Waals surface area contributed by atoms with Crippen molar-refractivity contribution in [3.63, 3.8) is 0 Å². The van der Waals surface area contributed by atoms with E-state index in [-0.39, 0.29) is 5.91 Å². The van der Waals surface area contributed by atoms with Crippen LogP contribution < -0.4 is 14.8 Å². The van der Waals surface area contributed by atoms with E-state index >= 15 is 0 Å². The summed E-state index contributed by atoms with van der Waals surface area (Å²) < 4.78 is 12.5. The Morgan fingerprint density at radius 1 is 1.31 bits per heavy atom. The van der Waals surface area contributed by atoms with Crippen molar-refractivity contribution in [2.24, 2.45) is 5.92 Å². The first-order valence-electron chi connectivity index (χ1n) is 8.77. The SMILES string of the molecule is CC(C)(Oc1ccccc1OCC1CCCC1)C(=O)Nc1ncc(Cl)s1. The molecule has 1 amide bonds. The van der Waals surface area contributed by atoms with E-state index in [1.54, 1.807) is 13.8 Å². The fourth-order valence-electron chi connectivity index (χ4n) is 2.92. The zero-order valence-corrected chi connectivity index (χ0v) is 16.5. The molecule has 7 heteroatoms. The number of amides is 1. The van der Waals surface area contributed by atoms with Crippen molar-refractivity contribution in [1.29, 1.82) is 0 Å². The molecular weight excluding hydrogens is 372 g/mol. The smallest absolute Gasteiger partial charge is 0.269 e. The minimum atomic E-state index is -1.09. The molecule has 0 unspecified atom stereocenters. The largest absolute Gasteiger partial charge is 0.489 e. The summed E-state index contributed by atoms with van der Waals surface area (Å²) in [4.78, 5) is 16.6. The van der Waals surface area contributed by atoms with Crippen LogP contribution in [-0.2, 0) is 4.79 Å². The Morgan fingerprint density at radius 2 is 2.00 bits per heavy atom. The van der Waals surface area contributed by atoms with Gasteiger partial charge in [-0.3, -0.25) is 10.1 Å². The number of anilines is 1. The third-order valence-corrected chi connectivity index (χ3v) is 5.44. The highest BCUT2D eigenvalue weighted by atomic mass is 35.5. The molecule has 0 spiro atoms. The second-order valence-electron chi connectivity index (χ2n) is 6.94. The number of ether oxygens (including phenoxy) is 2. The van der Waals surface area contributed by atoms with E-state index in [0.717, 1.165) is 0 Å². The van der Waals surface area contributed by atoms with Crippen LogP contribution in [0.3, 0.4) is 0 Å². The molecule has 26 heavy (non-hydrogen) atoms. The molecule has 0 bridgehead atoms. The number of thiazole rings is 1. The number of hydrogen-bond donors (Lipinski definition) is 1. The van der Waals surface area contributed by atoms with E-state index in [1.165, 1.54) is 43.2 Å².